The second-order valence-electron chi connectivity index (χ2n) is 5.09. The van der Waals surface area contributed by atoms with E-state index < -0.39 is 0 Å². The molecule has 1 saturated heterocycles. The Morgan fingerprint density at radius 1 is 1.65 bits per heavy atom. The first kappa shape index (κ1) is 12.6. The van der Waals surface area contributed by atoms with Gasteiger partial charge in [0.15, 0.2) is 5.89 Å². The van der Waals surface area contributed by atoms with Crippen LogP contribution in [-0.4, -0.2) is 35.6 Å². The Bertz CT molecular complexity index is 348. The van der Waals surface area contributed by atoms with Gasteiger partial charge in [-0.2, -0.15) is 0 Å². The fourth-order valence-electron chi connectivity index (χ4n) is 2.48. The molecule has 2 unspecified atom stereocenters. The van der Waals surface area contributed by atoms with Crippen molar-refractivity contribution in [3.63, 3.8) is 0 Å². The molecule has 0 saturated carbocycles. The van der Waals surface area contributed by atoms with Gasteiger partial charge in [0, 0.05) is 24.9 Å². The SMILES string of the molecule is CCN1CCCC(c2nc(CC(C)N)co2)C1. The van der Waals surface area contributed by atoms with Crippen LogP contribution in [0.2, 0.25) is 0 Å². The predicted octanol–water partition coefficient (Wildman–Crippen LogP) is 1.76. The molecule has 0 amide bonds. The number of nitrogens with zero attached hydrogens (tertiary/aromatic N) is 2. The molecule has 1 aliphatic rings. The largest absolute Gasteiger partial charge is 0.448 e. The van der Waals surface area contributed by atoms with Gasteiger partial charge < -0.3 is 15.1 Å². The van der Waals surface area contributed by atoms with Gasteiger partial charge in [0.05, 0.1) is 5.69 Å². The van der Waals surface area contributed by atoms with E-state index in [1.807, 2.05) is 6.92 Å². The summed E-state index contributed by atoms with van der Waals surface area (Å²) >= 11 is 0. The number of hydrogen-bond donors (Lipinski definition) is 1. The molecule has 4 heteroatoms. The van der Waals surface area contributed by atoms with Gasteiger partial charge in [0.1, 0.15) is 6.26 Å². The van der Waals surface area contributed by atoms with Crippen molar-refractivity contribution in [3.05, 3.63) is 17.8 Å². The molecule has 2 N–H and O–H groups in total. The second kappa shape index (κ2) is 5.65. The van der Waals surface area contributed by atoms with Crippen LogP contribution < -0.4 is 5.73 Å². The minimum atomic E-state index is 0.145. The molecule has 2 rings (SSSR count). The lowest BCUT2D eigenvalue weighted by Crippen LogP contribution is -2.34. The van der Waals surface area contributed by atoms with E-state index >= 15 is 0 Å². The van der Waals surface area contributed by atoms with Crippen molar-refractivity contribution < 1.29 is 4.42 Å². The smallest absolute Gasteiger partial charge is 0.198 e. The molecular weight excluding hydrogens is 214 g/mol. The number of hydrogen-bond acceptors (Lipinski definition) is 4. The van der Waals surface area contributed by atoms with Crippen LogP contribution in [0.25, 0.3) is 0 Å². The molecule has 0 aliphatic carbocycles. The fraction of sp³-hybridized carbons (Fsp3) is 0.769. The van der Waals surface area contributed by atoms with Crippen LogP contribution in [0.4, 0.5) is 0 Å². The third-order valence-corrected chi connectivity index (χ3v) is 3.40. The monoisotopic (exact) mass is 237 g/mol. The summed E-state index contributed by atoms with van der Waals surface area (Å²) in [5.41, 5.74) is 6.76. The standard InChI is InChI=1S/C13H23N3O/c1-3-16-6-4-5-11(8-16)13-15-12(9-17-13)7-10(2)14/h9-11H,3-8,14H2,1-2H3. The van der Waals surface area contributed by atoms with E-state index in [0.29, 0.717) is 5.92 Å². The van der Waals surface area contributed by atoms with Crippen molar-refractivity contribution >= 4 is 0 Å². The molecule has 1 aromatic heterocycles. The highest BCUT2D eigenvalue weighted by Crippen LogP contribution is 2.26. The van der Waals surface area contributed by atoms with Gasteiger partial charge in [0.25, 0.3) is 0 Å². The molecule has 0 radical (unpaired) electrons. The van der Waals surface area contributed by atoms with Crippen molar-refractivity contribution in [2.45, 2.75) is 45.1 Å². The molecule has 96 valence electrons. The molecule has 2 atom stereocenters. The summed E-state index contributed by atoms with van der Waals surface area (Å²) in [5.74, 6) is 1.37. The van der Waals surface area contributed by atoms with Crippen molar-refractivity contribution in [2.24, 2.45) is 5.73 Å². The van der Waals surface area contributed by atoms with Crippen molar-refractivity contribution in [1.82, 2.24) is 9.88 Å². The predicted molar refractivity (Wildman–Crippen MR) is 67.9 cm³/mol. The fourth-order valence-corrected chi connectivity index (χ4v) is 2.48. The summed E-state index contributed by atoms with van der Waals surface area (Å²) < 4.78 is 5.60. The zero-order chi connectivity index (χ0) is 12.3. The molecule has 2 heterocycles. The van der Waals surface area contributed by atoms with Crippen LogP contribution in [0.5, 0.6) is 0 Å². The maximum atomic E-state index is 5.77. The lowest BCUT2D eigenvalue weighted by Gasteiger charge is -2.29. The van der Waals surface area contributed by atoms with Gasteiger partial charge in [-0.3, -0.25) is 0 Å². The van der Waals surface area contributed by atoms with Crippen LogP contribution in [0, 0.1) is 0 Å². The summed E-state index contributed by atoms with van der Waals surface area (Å²) in [6, 6.07) is 0.145. The number of likely N-dealkylation sites (tertiary alicyclic amines) is 1. The minimum absolute atomic E-state index is 0.145. The highest BCUT2D eigenvalue weighted by Gasteiger charge is 2.24. The lowest BCUT2D eigenvalue weighted by atomic mass is 9.98. The van der Waals surface area contributed by atoms with E-state index in [1.165, 1.54) is 19.4 Å². The van der Waals surface area contributed by atoms with Gasteiger partial charge in [-0.25, -0.2) is 4.98 Å². The number of oxazole rings is 1. The van der Waals surface area contributed by atoms with Gasteiger partial charge in [0.2, 0.25) is 0 Å². The van der Waals surface area contributed by atoms with Crippen LogP contribution in [-0.2, 0) is 6.42 Å². The third-order valence-electron chi connectivity index (χ3n) is 3.40. The summed E-state index contributed by atoms with van der Waals surface area (Å²) in [6.07, 6.45) is 5.00. The third kappa shape index (κ3) is 3.30. The molecule has 1 aromatic rings. The Balaban J connectivity index is 1.99. The van der Waals surface area contributed by atoms with E-state index in [0.717, 1.165) is 31.1 Å². The Labute approximate surface area is 103 Å². The molecular formula is C13H23N3O. The topological polar surface area (TPSA) is 55.3 Å². The maximum Gasteiger partial charge on any atom is 0.198 e. The number of nitrogens with two attached hydrogens (primary N) is 1. The minimum Gasteiger partial charge on any atom is -0.448 e. The normalized spacial score (nSPS) is 23.8. The summed E-state index contributed by atoms with van der Waals surface area (Å²) in [7, 11) is 0. The molecule has 0 aromatic carbocycles. The average Bonchev–Trinajstić information content (AvgIpc) is 2.77. The summed E-state index contributed by atoms with van der Waals surface area (Å²) in [6.45, 7) is 7.60. The zero-order valence-corrected chi connectivity index (χ0v) is 10.9. The number of aromatic nitrogens is 1. The molecule has 17 heavy (non-hydrogen) atoms. The van der Waals surface area contributed by atoms with Crippen molar-refractivity contribution in [2.75, 3.05) is 19.6 Å². The van der Waals surface area contributed by atoms with Gasteiger partial charge in [-0.1, -0.05) is 6.92 Å². The number of likely N-dealkylation sites (N-methyl/N-ethyl adjacent to an activating group) is 1. The first-order chi connectivity index (χ1) is 8.19. The Morgan fingerprint density at radius 2 is 2.47 bits per heavy atom. The number of piperidine rings is 1. The highest BCUT2D eigenvalue weighted by atomic mass is 16.3. The van der Waals surface area contributed by atoms with Gasteiger partial charge >= 0.3 is 0 Å². The van der Waals surface area contributed by atoms with E-state index in [4.69, 9.17) is 10.2 Å². The van der Waals surface area contributed by atoms with E-state index in [9.17, 15) is 0 Å². The van der Waals surface area contributed by atoms with Crippen LogP contribution in [0.3, 0.4) is 0 Å². The molecule has 0 bridgehead atoms. The molecule has 0 spiro atoms. The Morgan fingerprint density at radius 3 is 3.18 bits per heavy atom. The van der Waals surface area contributed by atoms with E-state index in [-0.39, 0.29) is 6.04 Å². The number of rotatable bonds is 4. The molecule has 1 fully saturated rings. The zero-order valence-electron chi connectivity index (χ0n) is 10.9. The van der Waals surface area contributed by atoms with Gasteiger partial charge in [-0.15, -0.1) is 0 Å². The van der Waals surface area contributed by atoms with E-state index in [2.05, 4.69) is 16.8 Å². The quantitative estimate of drug-likeness (QED) is 0.867. The first-order valence-corrected chi connectivity index (χ1v) is 6.61. The van der Waals surface area contributed by atoms with Crippen molar-refractivity contribution in [3.8, 4) is 0 Å². The van der Waals surface area contributed by atoms with Crippen LogP contribution in [0.1, 0.15) is 44.2 Å². The van der Waals surface area contributed by atoms with Crippen LogP contribution in [0.15, 0.2) is 10.7 Å². The first-order valence-electron chi connectivity index (χ1n) is 6.61. The molecule has 4 nitrogen and oxygen atoms in total. The lowest BCUT2D eigenvalue weighted by molar-refractivity contribution is 0.202. The highest BCUT2D eigenvalue weighted by molar-refractivity contribution is 5.04. The summed E-state index contributed by atoms with van der Waals surface area (Å²) in [4.78, 5) is 7.03. The average molecular weight is 237 g/mol. The Kier molecular flexibility index (Phi) is 4.18. The molecule has 1 aliphatic heterocycles. The Hall–Kier alpha value is -0.870. The van der Waals surface area contributed by atoms with Crippen molar-refractivity contribution in [1.29, 1.82) is 0 Å². The second-order valence-corrected chi connectivity index (χ2v) is 5.09. The van der Waals surface area contributed by atoms with E-state index in [1.54, 1.807) is 6.26 Å². The van der Waals surface area contributed by atoms with Gasteiger partial charge in [-0.05, 0) is 32.9 Å². The summed E-state index contributed by atoms with van der Waals surface area (Å²) in [5, 5.41) is 0. The maximum absolute atomic E-state index is 5.77. The van der Waals surface area contributed by atoms with Crippen LogP contribution >= 0.6 is 0 Å².